The molecule has 0 radical (unpaired) electrons. The Kier molecular flexibility index (Phi) is 3.54. The van der Waals surface area contributed by atoms with Crippen LogP contribution < -0.4 is 5.73 Å². The van der Waals surface area contributed by atoms with Crippen molar-refractivity contribution in [1.29, 1.82) is 0 Å². The summed E-state index contributed by atoms with van der Waals surface area (Å²) in [7, 11) is 0. The summed E-state index contributed by atoms with van der Waals surface area (Å²) in [4.78, 5) is 0. The molecule has 1 saturated carbocycles. The first-order valence-electron chi connectivity index (χ1n) is 5.89. The van der Waals surface area contributed by atoms with Gasteiger partial charge in [0.2, 0.25) is 0 Å². The Morgan fingerprint density at radius 3 is 2.38 bits per heavy atom. The van der Waals surface area contributed by atoms with Crippen molar-refractivity contribution in [2.24, 2.45) is 11.7 Å². The number of halogens is 2. The first kappa shape index (κ1) is 11.5. The summed E-state index contributed by atoms with van der Waals surface area (Å²) in [6, 6.07) is 3.83. The van der Waals surface area contributed by atoms with Crippen molar-refractivity contribution in [2.75, 3.05) is 0 Å². The third kappa shape index (κ3) is 2.40. The van der Waals surface area contributed by atoms with Crippen LogP contribution in [0, 0.1) is 17.6 Å². The Hall–Kier alpha value is -0.960. The van der Waals surface area contributed by atoms with Gasteiger partial charge in [0.1, 0.15) is 0 Å². The van der Waals surface area contributed by atoms with E-state index in [-0.39, 0.29) is 6.04 Å². The number of rotatable bonds is 2. The summed E-state index contributed by atoms with van der Waals surface area (Å²) >= 11 is 0. The summed E-state index contributed by atoms with van der Waals surface area (Å²) in [6.45, 7) is 0. The summed E-state index contributed by atoms with van der Waals surface area (Å²) in [5.41, 5.74) is 6.81. The molecule has 88 valence electrons. The minimum atomic E-state index is -0.806. The molecule has 2 N–H and O–H groups in total. The largest absolute Gasteiger partial charge is 0.324 e. The van der Waals surface area contributed by atoms with Crippen molar-refractivity contribution < 1.29 is 8.78 Å². The molecule has 0 spiro atoms. The van der Waals surface area contributed by atoms with Crippen LogP contribution in [0.2, 0.25) is 0 Å². The Balaban J connectivity index is 2.12. The van der Waals surface area contributed by atoms with Gasteiger partial charge < -0.3 is 5.73 Å². The lowest BCUT2D eigenvalue weighted by Gasteiger charge is -2.27. The molecule has 0 saturated heterocycles. The molecule has 1 aliphatic carbocycles. The van der Waals surface area contributed by atoms with Crippen LogP contribution in [0.15, 0.2) is 18.2 Å². The van der Waals surface area contributed by atoms with Gasteiger partial charge >= 0.3 is 0 Å². The van der Waals surface area contributed by atoms with Gasteiger partial charge in [-0.05, 0) is 36.5 Å². The molecule has 2 rings (SSSR count). The number of hydrogen-bond donors (Lipinski definition) is 1. The highest BCUT2D eigenvalue weighted by atomic mass is 19.2. The van der Waals surface area contributed by atoms with Gasteiger partial charge in [0.05, 0.1) is 0 Å². The standard InChI is InChI=1S/C13H17F2N/c14-11-7-6-10(8-12(11)15)13(16)9-4-2-1-3-5-9/h6-9,13H,1-5,16H2. The van der Waals surface area contributed by atoms with Crippen LogP contribution in [0.1, 0.15) is 43.7 Å². The lowest BCUT2D eigenvalue weighted by atomic mass is 9.81. The van der Waals surface area contributed by atoms with Crippen LogP contribution in [-0.2, 0) is 0 Å². The van der Waals surface area contributed by atoms with E-state index < -0.39 is 11.6 Å². The molecule has 1 aromatic carbocycles. The fourth-order valence-corrected chi connectivity index (χ4v) is 2.49. The quantitative estimate of drug-likeness (QED) is 0.818. The average molecular weight is 225 g/mol. The molecule has 1 fully saturated rings. The molecule has 0 heterocycles. The SMILES string of the molecule is NC(c1ccc(F)c(F)c1)C1CCCCC1. The fourth-order valence-electron chi connectivity index (χ4n) is 2.49. The first-order valence-corrected chi connectivity index (χ1v) is 5.89. The van der Waals surface area contributed by atoms with E-state index in [1.54, 1.807) is 6.07 Å². The van der Waals surface area contributed by atoms with E-state index in [0.29, 0.717) is 11.5 Å². The van der Waals surface area contributed by atoms with Crippen molar-refractivity contribution in [1.82, 2.24) is 0 Å². The minimum absolute atomic E-state index is 0.157. The zero-order chi connectivity index (χ0) is 11.5. The second kappa shape index (κ2) is 4.91. The van der Waals surface area contributed by atoms with E-state index in [1.807, 2.05) is 0 Å². The lowest BCUT2D eigenvalue weighted by Crippen LogP contribution is -2.23. The van der Waals surface area contributed by atoms with Gasteiger partial charge in [-0.1, -0.05) is 25.3 Å². The molecule has 0 aromatic heterocycles. The van der Waals surface area contributed by atoms with Gasteiger partial charge in [0, 0.05) is 6.04 Å². The third-order valence-electron chi connectivity index (χ3n) is 3.49. The zero-order valence-corrected chi connectivity index (χ0v) is 9.26. The topological polar surface area (TPSA) is 26.0 Å². The average Bonchev–Trinajstić information content (AvgIpc) is 2.33. The van der Waals surface area contributed by atoms with Crippen LogP contribution in [0.5, 0.6) is 0 Å². The van der Waals surface area contributed by atoms with Gasteiger partial charge in [-0.2, -0.15) is 0 Å². The van der Waals surface area contributed by atoms with Gasteiger partial charge in [0.15, 0.2) is 11.6 Å². The molecule has 1 aliphatic rings. The predicted molar refractivity (Wildman–Crippen MR) is 59.9 cm³/mol. The van der Waals surface area contributed by atoms with Crippen LogP contribution in [-0.4, -0.2) is 0 Å². The van der Waals surface area contributed by atoms with Crippen LogP contribution in [0.4, 0.5) is 8.78 Å². The van der Waals surface area contributed by atoms with Crippen molar-refractivity contribution in [3.8, 4) is 0 Å². The first-order chi connectivity index (χ1) is 7.68. The van der Waals surface area contributed by atoms with E-state index in [1.165, 1.54) is 25.3 Å². The van der Waals surface area contributed by atoms with Crippen molar-refractivity contribution >= 4 is 0 Å². The van der Waals surface area contributed by atoms with Crippen LogP contribution in [0.3, 0.4) is 0 Å². The molecule has 1 nitrogen and oxygen atoms in total. The van der Waals surface area contributed by atoms with Crippen LogP contribution in [0.25, 0.3) is 0 Å². The highest BCUT2D eigenvalue weighted by molar-refractivity contribution is 5.21. The summed E-state index contributed by atoms with van der Waals surface area (Å²) < 4.78 is 25.9. The van der Waals surface area contributed by atoms with Gasteiger partial charge in [-0.3, -0.25) is 0 Å². The van der Waals surface area contributed by atoms with Crippen LogP contribution >= 0.6 is 0 Å². The lowest BCUT2D eigenvalue weighted by molar-refractivity contribution is 0.307. The molecular formula is C13H17F2N. The summed E-state index contributed by atoms with van der Waals surface area (Å²) in [5.74, 6) is -1.19. The molecule has 0 bridgehead atoms. The van der Waals surface area contributed by atoms with Crippen molar-refractivity contribution in [2.45, 2.75) is 38.1 Å². The van der Waals surface area contributed by atoms with Gasteiger partial charge in [-0.15, -0.1) is 0 Å². The van der Waals surface area contributed by atoms with E-state index in [0.717, 1.165) is 18.9 Å². The molecule has 0 amide bonds. The Morgan fingerprint density at radius 1 is 1.06 bits per heavy atom. The maximum absolute atomic E-state index is 13.1. The summed E-state index contributed by atoms with van der Waals surface area (Å²) in [6.07, 6.45) is 5.85. The normalized spacial score (nSPS) is 19.7. The van der Waals surface area contributed by atoms with E-state index in [4.69, 9.17) is 5.73 Å². The van der Waals surface area contributed by atoms with E-state index in [2.05, 4.69) is 0 Å². The van der Waals surface area contributed by atoms with E-state index >= 15 is 0 Å². The monoisotopic (exact) mass is 225 g/mol. The molecule has 1 atom stereocenters. The molecule has 0 aliphatic heterocycles. The van der Waals surface area contributed by atoms with E-state index in [9.17, 15) is 8.78 Å². The number of hydrogen-bond acceptors (Lipinski definition) is 1. The highest BCUT2D eigenvalue weighted by Crippen LogP contribution is 2.33. The molecular weight excluding hydrogens is 208 g/mol. The molecule has 1 unspecified atom stereocenters. The maximum Gasteiger partial charge on any atom is 0.159 e. The second-order valence-electron chi connectivity index (χ2n) is 4.60. The minimum Gasteiger partial charge on any atom is -0.324 e. The van der Waals surface area contributed by atoms with Crippen molar-refractivity contribution in [3.05, 3.63) is 35.4 Å². The third-order valence-corrected chi connectivity index (χ3v) is 3.49. The zero-order valence-electron chi connectivity index (χ0n) is 9.26. The second-order valence-corrected chi connectivity index (χ2v) is 4.60. The molecule has 16 heavy (non-hydrogen) atoms. The Morgan fingerprint density at radius 2 is 1.75 bits per heavy atom. The Bertz CT molecular complexity index is 359. The smallest absolute Gasteiger partial charge is 0.159 e. The molecule has 3 heteroatoms. The predicted octanol–water partition coefficient (Wildman–Crippen LogP) is 3.54. The maximum atomic E-state index is 13.1. The molecule has 1 aromatic rings. The van der Waals surface area contributed by atoms with Gasteiger partial charge in [-0.25, -0.2) is 8.78 Å². The number of nitrogens with two attached hydrogens (primary N) is 1. The highest BCUT2D eigenvalue weighted by Gasteiger charge is 2.22. The summed E-state index contributed by atoms with van der Waals surface area (Å²) in [5, 5.41) is 0. The fraction of sp³-hybridized carbons (Fsp3) is 0.538. The Labute approximate surface area is 94.7 Å². The van der Waals surface area contributed by atoms with Crippen molar-refractivity contribution in [3.63, 3.8) is 0 Å². The van der Waals surface area contributed by atoms with Gasteiger partial charge in [0.25, 0.3) is 0 Å². The number of benzene rings is 1.